The molecule has 2 aromatic carbocycles. The van der Waals surface area contributed by atoms with E-state index in [-0.39, 0.29) is 61.7 Å². The first-order valence-electron chi connectivity index (χ1n) is 13.9. The zero-order chi connectivity index (χ0) is 30.1. The second-order valence-corrected chi connectivity index (χ2v) is 11.0. The maximum atomic E-state index is 12.5. The first kappa shape index (κ1) is 29.5. The SMILES string of the molecule is COC(=O)[C@@]12O[C@@H](CC(=O)C[C@H]1c1ccccc1)CC2=O.COC(=O)[C@@]12O[C@@H](CC(=O)C[C@H]1c1ccccc1)CC2=O. The first-order chi connectivity index (χ1) is 20.1. The third-order valence-corrected chi connectivity index (χ3v) is 8.50. The summed E-state index contributed by atoms with van der Waals surface area (Å²) >= 11 is 0. The van der Waals surface area contributed by atoms with Crippen molar-refractivity contribution in [1.82, 2.24) is 0 Å². The van der Waals surface area contributed by atoms with Crippen LogP contribution in [0.4, 0.5) is 0 Å². The number of methoxy groups -OCH3 is 2. The van der Waals surface area contributed by atoms with Gasteiger partial charge in [-0.15, -0.1) is 0 Å². The Hall–Kier alpha value is -4.02. The second-order valence-electron chi connectivity index (χ2n) is 11.0. The van der Waals surface area contributed by atoms with E-state index in [4.69, 9.17) is 18.9 Å². The third kappa shape index (κ3) is 4.98. The van der Waals surface area contributed by atoms with E-state index in [2.05, 4.69) is 0 Å². The van der Waals surface area contributed by atoms with Crippen molar-refractivity contribution in [1.29, 1.82) is 0 Å². The molecule has 0 amide bonds. The molecule has 220 valence electrons. The molecule has 10 heteroatoms. The van der Waals surface area contributed by atoms with E-state index in [1.165, 1.54) is 14.2 Å². The predicted octanol–water partition coefficient (Wildman–Crippen LogP) is 2.81. The highest BCUT2D eigenvalue weighted by Crippen LogP contribution is 2.47. The molecule has 0 spiro atoms. The molecule has 6 rings (SSSR count). The van der Waals surface area contributed by atoms with Gasteiger partial charge in [-0.2, -0.15) is 0 Å². The fourth-order valence-corrected chi connectivity index (χ4v) is 6.64. The number of esters is 2. The molecule has 10 nitrogen and oxygen atoms in total. The van der Waals surface area contributed by atoms with E-state index in [1.807, 2.05) is 36.4 Å². The molecule has 0 aromatic heterocycles. The van der Waals surface area contributed by atoms with Crippen LogP contribution in [0.2, 0.25) is 0 Å². The molecular formula is C32H32O10. The number of fused-ring (bicyclic) bond motifs is 4. The first-order valence-corrected chi connectivity index (χ1v) is 13.9. The number of benzene rings is 2. The van der Waals surface area contributed by atoms with Crippen LogP contribution in [0, 0.1) is 0 Å². The molecule has 0 unspecified atom stereocenters. The van der Waals surface area contributed by atoms with Gasteiger partial charge in [0.05, 0.1) is 26.4 Å². The minimum Gasteiger partial charge on any atom is -0.467 e. The summed E-state index contributed by atoms with van der Waals surface area (Å²) in [4.78, 5) is 73.8. The highest BCUT2D eigenvalue weighted by molar-refractivity contribution is 6.12. The van der Waals surface area contributed by atoms with Crippen molar-refractivity contribution in [2.45, 2.75) is 73.8 Å². The van der Waals surface area contributed by atoms with Crippen molar-refractivity contribution in [3.05, 3.63) is 71.8 Å². The molecule has 4 saturated heterocycles. The van der Waals surface area contributed by atoms with Crippen molar-refractivity contribution in [2.75, 3.05) is 14.2 Å². The van der Waals surface area contributed by atoms with E-state index in [0.29, 0.717) is 0 Å². The molecule has 42 heavy (non-hydrogen) atoms. The van der Waals surface area contributed by atoms with Gasteiger partial charge in [0.2, 0.25) is 11.2 Å². The van der Waals surface area contributed by atoms with Crippen LogP contribution in [-0.4, -0.2) is 72.7 Å². The number of ketones is 4. The zero-order valence-electron chi connectivity index (χ0n) is 23.4. The molecule has 4 fully saturated rings. The molecule has 4 aliphatic rings. The van der Waals surface area contributed by atoms with Crippen LogP contribution in [0.25, 0.3) is 0 Å². The third-order valence-electron chi connectivity index (χ3n) is 8.50. The minimum absolute atomic E-state index is 0.00660. The molecule has 4 heterocycles. The summed E-state index contributed by atoms with van der Waals surface area (Å²) in [6.07, 6.45) is -0.283. The van der Waals surface area contributed by atoms with Gasteiger partial charge < -0.3 is 18.9 Å². The second kappa shape index (κ2) is 11.7. The van der Waals surface area contributed by atoms with Crippen molar-refractivity contribution >= 4 is 35.1 Å². The van der Waals surface area contributed by atoms with Gasteiger partial charge in [0, 0.05) is 50.4 Å². The zero-order valence-corrected chi connectivity index (χ0v) is 23.4. The van der Waals surface area contributed by atoms with E-state index < -0.39 is 47.2 Å². The Kier molecular flexibility index (Phi) is 8.21. The smallest absolute Gasteiger partial charge is 0.346 e. The Morgan fingerprint density at radius 1 is 0.595 bits per heavy atom. The van der Waals surface area contributed by atoms with Crippen molar-refractivity contribution in [3.8, 4) is 0 Å². The van der Waals surface area contributed by atoms with Crippen molar-refractivity contribution < 1.29 is 47.7 Å². The molecule has 4 bridgehead atoms. The molecule has 2 aromatic rings. The summed E-state index contributed by atoms with van der Waals surface area (Å²) < 4.78 is 21.2. The van der Waals surface area contributed by atoms with Gasteiger partial charge in [0.1, 0.15) is 11.6 Å². The van der Waals surface area contributed by atoms with Gasteiger partial charge in [-0.25, -0.2) is 9.59 Å². The number of Topliss-reactive ketones (excluding diaryl/α,β-unsaturated/α-hetero) is 4. The van der Waals surface area contributed by atoms with Gasteiger partial charge in [0.25, 0.3) is 0 Å². The normalized spacial score (nSPS) is 31.9. The lowest BCUT2D eigenvalue weighted by Crippen LogP contribution is -2.50. The van der Waals surface area contributed by atoms with Crippen LogP contribution in [0.1, 0.15) is 61.5 Å². The topological polar surface area (TPSA) is 139 Å². The van der Waals surface area contributed by atoms with E-state index in [9.17, 15) is 28.8 Å². The molecule has 4 aliphatic heterocycles. The number of ether oxygens (including phenoxy) is 4. The average Bonchev–Trinajstić information content (AvgIpc) is 3.38. The molecular weight excluding hydrogens is 544 g/mol. The Morgan fingerprint density at radius 2 is 0.952 bits per heavy atom. The number of hydrogen-bond acceptors (Lipinski definition) is 10. The van der Waals surface area contributed by atoms with Crippen LogP contribution in [0.3, 0.4) is 0 Å². The lowest BCUT2D eigenvalue weighted by Gasteiger charge is -2.31. The lowest BCUT2D eigenvalue weighted by atomic mass is 9.75. The molecule has 0 N–H and O–H groups in total. The minimum atomic E-state index is -1.67. The van der Waals surface area contributed by atoms with Gasteiger partial charge in [-0.1, -0.05) is 60.7 Å². The maximum absolute atomic E-state index is 12.5. The standard InChI is InChI=1S/2C16H16O5/c2*1-20-15(19)16-13(10-5-3-2-4-6-10)8-11(17)7-12(21-16)9-14(16)18/h2*2-6,12-13H,7-9H2,1H3/t2*12-,13-,16+/m00/s1. The van der Waals surface area contributed by atoms with Crippen LogP contribution in [0.5, 0.6) is 0 Å². The maximum Gasteiger partial charge on any atom is 0.346 e. The predicted molar refractivity (Wildman–Crippen MR) is 145 cm³/mol. The Balaban J connectivity index is 0.000000168. The summed E-state index contributed by atoms with van der Waals surface area (Å²) in [6.45, 7) is 0. The highest BCUT2D eigenvalue weighted by atomic mass is 16.6. The summed E-state index contributed by atoms with van der Waals surface area (Å²) in [5.41, 5.74) is -1.86. The fraction of sp³-hybridized carbons (Fsp3) is 0.438. The quantitative estimate of drug-likeness (QED) is 0.394. The van der Waals surface area contributed by atoms with E-state index in [1.54, 1.807) is 24.3 Å². The van der Waals surface area contributed by atoms with E-state index >= 15 is 0 Å². The Morgan fingerprint density at radius 3 is 1.29 bits per heavy atom. The van der Waals surface area contributed by atoms with Crippen LogP contribution in [-0.2, 0) is 47.7 Å². The van der Waals surface area contributed by atoms with Gasteiger partial charge in [-0.05, 0) is 11.1 Å². The van der Waals surface area contributed by atoms with Crippen molar-refractivity contribution in [3.63, 3.8) is 0 Å². The van der Waals surface area contributed by atoms with Gasteiger partial charge in [0.15, 0.2) is 11.6 Å². The lowest BCUT2D eigenvalue weighted by molar-refractivity contribution is -0.174. The summed E-state index contributed by atoms with van der Waals surface area (Å²) in [5.74, 6) is -3.24. The monoisotopic (exact) mass is 576 g/mol. The summed E-state index contributed by atoms with van der Waals surface area (Å²) in [7, 11) is 2.46. The molecule has 0 saturated carbocycles. The van der Waals surface area contributed by atoms with Crippen LogP contribution >= 0.6 is 0 Å². The van der Waals surface area contributed by atoms with Gasteiger partial charge in [-0.3, -0.25) is 19.2 Å². The fourth-order valence-electron chi connectivity index (χ4n) is 6.64. The number of carbonyl (C=O) groups is 6. The summed E-state index contributed by atoms with van der Waals surface area (Å²) in [5, 5.41) is 0. The largest absolute Gasteiger partial charge is 0.467 e. The number of hydrogen-bond donors (Lipinski definition) is 0. The van der Waals surface area contributed by atoms with Crippen LogP contribution < -0.4 is 0 Å². The number of rotatable bonds is 4. The summed E-state index contributed by atoms with van der Waals surface area (Å²) in [6, 6.07) is 18.1. The van der Waals surface area contributed by atoms with Crippen LogP contribution in [0.15, 0.2) is 60.7 Å². The average molecular weight is 577 g/mol. The van der Waals surface area contributed by atoms with Gasteiger partial charge >= 0.3 is 11.9 Å². The molecule has 0 radical (unpaired) electrons. The Bertz CT molecular complexity index is 1280. The van der Waals surface area contributed by atoms with Crippen molar-refractivity contribution in [2.24, 2.45) is 0 Å². The molecule has 0 aliphatic carbocycles. The highest BCUT2D eigenvalue weighted by Gasteiger charge is 2.63. The van der Waals surface area contributed by atoms with E-state index in [0.717, 1.165) is 11.1 Å². The Labute approximate surface area is 242 Å². The number of carbonyl (C=O) groups excluding carboxylic acids is 6. The molecule has 6 atom stereocenters.